The van der Waals surface area contributed by atoms with Gasteiger partial charge >= 0.3 is 0 Å². The Morgan fingerprint density at radius 2 is 2.15 bits per heavy atom. The molecule has 0 heterocycles. The van der Waals surface area contributed by atoms with Crippen LogP contribution in [0.1, 0.15) is 46.0 Å². The van der Waals surface area contributed by atoms with Crippen LogP contribution >= 0.6 is 0 Å². The first kappa shape index (κ1) is 8.05. The number of aliphatic hydroxyl groups is 1. The zero-order valence-electron chi connectivity index (χ0n) is 8.56. The number of rotatable bonds is 0. The molecule has 3 rings (SSSR count). The lowest BCUT2D eigenvalue weighted by molar-refractivity contribution is 0.0116. The molecule has 2 unspecified atom stereocenters. The maximum Gasteiger partial charge on any atom is 0.0639 e. The molecule has 0 saturated heterocycles. The maximum absolute atomic E-state index is 10.1. The van der Waals surface area contributed by atoms with Crippen molar-refractivity contribution in [2.75, 3.05) is 0 Å². The fourth-order valence-electron chi connectivity index (χ4n) is 4.46. The molecule has 1 heteroatoms. The molecule has 0 aromatic carbocycles. The summed E-state index contributed by atoms with van der Waals surface area (Å²) < 4.78 is 0. The Hall–Kier alpha value is -0.300. The van der Waals surface area contributed by atoms with E-state index in [9.17, 15) is 5.11 Å². The van der Waals surface area contributed by atoms with Crippen LogP contribution < -0.4 is 0 Å². The van der Waals surface area contributed by atoms with Crippen molar-refractivity contribution in [1.29, 1.82) is 0 Å². The Kier molecular flexibility index (Phi) is 1.26. The number of hydrogen-bond acceptors (Lipinski definition) is 1. The molecule has 0 radical (unpaired) electrons. The number of allylic oxidation sites excluding steroid dienone is 1. The Morgan fingerprint density at radius 1 is 1.38 bits per heavy atom. The van der Waals surface area contributed by atoms with Gasteiger partial charge in [0.05, 0.1) is 6.10 Å². The first-order valence-corrected chi connectivity index (χ1v) is 5.52. The molecule has 0 amide bonds. The van der Waals surface area contributed by atoms with Gasteiger partial charge in [-0.25, -0.2) is 0 Å². The highest BCUT2D eigenvalue weighted by atomic mass is 16.3. The van der Waals surface area contributed by atoms with Gasteiger partial charge < -0.3 is 5.11 Å². The van der Waals surface area contributed by atoms with Gasteiger partial charge in [-0.15, -0.1) is 0 Å². The van der Waals surface area contributed by atoms with E-state index in [2.05, 4.69) is 13.8 Å². The van der Waals surface area contributed by atoms with E-state index in [1.807, 2.05) is 0 Å². The van der Waals surface area contributed by atoms with Gasteiger partial charge in [-0.1, -0.05) is 18.1 Å². The SMILES string of the molecule is CC1=C2CCCC23CC[C@H](O)C13C. The predicted octanol–water partition coefficient (Wildman–Crippen LogP) is 2.65. The van der Waals surface area contributed by atoms with Crippen LogP contribution in [0.15, 0.2) is 11.1 Å². The van der Waals surface area contributed by atoms with E-state index in [4.69, 9.17) is 0 Å². The normalized spacial score (nSPS) is 53.3. The van der Waals surface area contributed by atoms with Gasteiger partial charge in [-0.3, -0.25) is 0 Å². The second-order valence-corrected chi connectivity index (χ2v) is 5.30. The lowest BCUT2D eigenvalue weighted by atomic mass is 9.49. The topological polar surface area (TPSA) is 20.2 Å². The fourth-order valence-corrected chi connectivity index (χ4v) is 4.46. The van der Waals surface area contributed by atoms with E-state index in [-0.39, 0.29) is 11.5 Å². The smallest absolute Gasteiger partial charge is 0.0639 e. The van der Waals surface area contributed by atoms with Crippen molar-refractivity contribution in [3.8, 4) is 0 Å². The van der Waals surface area contributed by atoms with Gasteiger partial charge in [0.25, 0.3) is 0 Å². The average molecular weight is 178 g/mol. The molecule has 0 aromatic rings. The summed E-state index contributed by atoms with van der Waals surface area (Å²) in [6.45, 7) is 4.53. The van der Waals surface area contributed by atoms with Gasteiger partial charge in [0.1, 0.15) is 0 Å². The highest BCUT2D eigenvalue weighted by molar-refractivity contribution is 5.47. The van der Waals surface area contributed by atoms with Crippen molar-refractivity contribution in [2.45, 2.75) is 52.1 Å². The Balaban J connectivity index is 2.17. The van der Waals surface area contributed by atoms with Gasteiger partial charge in [0.15, 0.2) is 0 Å². The van der Waals surface area contributed by atoms with Crippen LogP contribution in [0.2, 0.25) is 0 Å². The summed E-state index contributed by atoms with van der Waals surface area (Å²) >= 11 is 0. The molecular weight excluding hydrogens is 160 g/mol. The largest absolute Gasteiger partial charge is 0.392 e. The van der Waals surface area contributed by atoms with Crippen molar-refractivity contribution in [2.24, 2.45) is 10.8 Å². The highest BCUT2D eigenvalue weighted by Crippen LogP contribution is 2.74. The molecular formula is C12H18O. The predicted molar refractivity (Wildman–Crippen MR) is 52.3 cm³/mol. The summed E-state index contributed by atoms with van der Waals surface area (Å²) in [5.74, 6) is 0. The molecule has 3 aliphatic rings. The standard InChI is InChI=1S/C12H18O/c1-8-9-4-3-6-12(9)7-5-10(13)11(8,12)2/h10,13H,3-7H2,1-2H3/t10-,11?,12?/m0/s1. The fraction of sp³-hybridized carbons (Fsp3) is 0.833. The molecule has 2 saturated carbocycles. The van der Waals surface area contributed by atoms with Crippen LogP contribution in [0.25, 0.3) is 0 Å². The minimum absolute atomic E-state index is 0.0608. The molecule has 1 nitrogen and oxygen atoms in total. The third-order valence-electron chi connectivity index (χ3n) is 5.34. The number of hydrogen-bond donors (Lipinski definition) is 1. The monoisotopic (exact) mass is 178 g/mol. The first-order chi connectivity index (χ1) is 6.13. The van der Waals surface area contributed by atoms with Crippen LogP contribution in [0, 0.1) is 10.8 Å². The number of aliphatic hydroxyl groups excluding tert-OH is 1. The molecule has 2 fully saturated rings. The van der Waals surface area contributed by atoms with Crippen LogP contribution in [0.3, 0.4) is 0 Å². The first-order valence-electron chi connectivity index (χ1n) is 5.52. The summed E-state index contributed by atoms with van der Waals surface area (Å²) in [5, 5.41) is 10.1. The summed E-state index contributed by atoms with van der Waals surface area (Å²) in [6.07, 6.45) is 6.22. The quantitative estimate of drug-likeness (QED) is 0.565. The van der Waals surface area contributed by atoms with Crippen LogP contribution in [0.5, 0.6) is 0 Å². The molecule has 13 heavy (non-hydrogen) atoms. The molecule has 0 aliphatic heterocycles. The molecule has 3 atom stereocenters. The van der Waals surface area contributed by atoms with Crippen LogP contribution in [-0.2, 0) is 0 Å². The molecule has 0 aromatic heterocycles. The molecule has 3 aliphatic carbocycles. The van der Waals surface area contributed by atoms with Crippen LogP contribution in [-0.4, -0.2) is 11.2 Å². The van der Waals surface area contributed by atoms with Crippen molar-refractivity contribution < 1.29 is 5.11 Å². The van der Waals surface area contributed by atoms with Gasteiger partial charge in [0.2, 0.25) is 0 Å². The van der Waals surface area contributed by atoms with Crippen molar-refractivity contribution >= 4 is 0 Å². The lowest BCUT2D eigenvalue weighted by Crippen LogP contribution is -2.50. The zero-order valence-corrected chi connectivity index (χ0v) is 8.56. The van der Waals surface area contributed by atoms with Crippen molar-refractivity contribution in [1.82, 2.24) is 0 Å². The molecule has 1 N–H and O–H groups in total. The zero-order chi connectivity index (χ0) is 9.27. The van der Waals surface area contributed by atoms with Crippen molar-refractivity contribution in [3.05, 3.63) is 11.1 Å². The van der Waals surface area contributed by atoms with E-state index in [0.29, 0.717) is 5.41 Å². The van der Waals surface area contributed by atoms with Gasteiger partial charge in [-0.2, -0.15) is 0 Å². The minimum atomic E-state index is -0.0608. The Morgan fingerprint density at radius 3 is 2.92 bits per heavy atom. The lowest BCUT2D eigenvalue weighted by Gasteiger charge is -2.55. The third kappa shape index (κ3) is 0.576. The maximum atomic E-state index is 10.1. The van der Waals surface area contributed by atoms with E-state index in [1.54, 1.807) is 5.57 Å². The van der Waals surface area contributed by atoms with E-state index in [0.717, 1.165) is 6.42 Å². The summed E-state index contributed by atoms with van der Waals surface area (Å²) in [5.41, 5.74) is 3.86. The van der Waals surface area contributed by atoms with Crippen molar-refractivity contribution in [3.63, 3.8) is 0 Å². The van der Waals surface area contributed by atoms with E-state index in [1.165, 1.54) is 31.3 Å². The summed E-state index contributed by atoms with van der Waals surface area (Å²) in [7, 11) is 0. The van der Waals surface area contributed by atoms with Crippen LogP contribution in [0.4, 0.5) is 0 Å². The van der Waals surface area contributed by atoms with E-state index >= 15 is 0 Å². The second kappa shape index (κ2) is 2.03. The molecule has 72 valence electrons. The van der Waals surface area contributed by atoms with E-state index < -0.39 is 0 Å². The molecule has 1 spiro atoms. The second-order valence-electron chi connectivity index (χ2n) is 5.30. The van der Waals surface area contributed by atoms with Gasteiger partial charge in [0, 0.05) is 10.8 Å². The Bertz CT molecular complexity index is 304. The Labute approximate surface area is 79.8 Å². The van der Waals surface area contributed by atoms with Gasteiger partial charge in [-0.05, 0) is 39.0 Å². The highest BCUT2D eigenvalue weighted by Gasteiger charge is 2.67. The summed E-state index contributed by atoms with van der Waals surface area (Å²) in [4.78, 5) is 0. The average Bonchev–Trinajstić information content (AvgIpc) is 2.62. The summed E-state index contributed by atoms with van der Waals surface area (Å²) in [6, 6.07) is 0. The molecule has 0 bridgehead atoms. The minimum Gasteiger partial charge on any atom is -0.392 e. The third-order valence-corrected chi connectivity index (χ3v) is 5.34.